The molecule has 0 aliphatic heterocycles. The minimum atomic E-state index is 0.461. The lowest BCUT2D eigenvalue weighted by atomic mass is 9.95. The molecule has 27 heavy (non-hydrogen) atoms. The highest BCUT2D eigenvalue weighted by Crippen LogP contribution is 2.20. The van der Waals surface area contributed by atoms with Gasteiger partial charge in [-0.05, 0) is 67.9 Å². The van der Waals surface area contributed by atoms with E-state index in [2.05, 4.69) is 98.9 Å². The summed E-state index contributed by atoms with van der Waals surface area (Å²) in [5.41, 5.74) is 8.26. The van der Waals surface area contributed by atoms with Crippen LogP contribution in [0.4, 0.5) is 0 Å². The number of fused-ring (bicyclic) bond motifs is 1. The third-order valence-corrected chi connectivity index (χ3v) is 5.21. The van der Waals surface area contributed by atoms with Gasteiger partial charge in [0.1, 0.15) is 0 Å². The molecule has 0 spiro atoms. The first kappa shape index (κ1) is 19.4. The van der Waals surface area contributed by atoms with Gasteiger partial charge in [0.15, 0.2) is 0 Å². The molecule has 0 saturated carbocycles. The van der Waals surface area contributed by atoms with E-state index in [1.165, 1.54) is 46.2 Å². The van der Waals surface area contributed by atoms with Crippen molar-refractivity contribution in [2.45, 2.75) is 52.6 Å². The second kappa shape index (κ2) is 9.53. The maximum atomic E-state index is 3.68. The summed E-state index contributed by atoms with van der Waals surface area (Å²) in [6, 6.07) is 17.9. The van der Waals surface area contributed by atoms with Crippen molar-refractivity contribution in [1.29, 1.82) is 0 Å². The summed E-state index contributed by atoms with van der Waals surface area (Å²) < 4.78 is 0. The van der Waals surface area contributed by atoms with Crippen molar-refractivity contribution in [3.63, 3.8) is 0 Å². The Morgan fingerprint density at radius 3 is 2.70 bits per heavy atom. The van der Waals surface area contributed by atoms with E-state index in [0.717, 1.165) is 13.0 Å². The highest BCUT2D eigenvalue weighted by atomic mass is 14.9. The molecule has 140 valence electrons. The molecule has 2 aromatic carbocycles. The number of rotatable bonds is 7. The molecule has 1 nitrogen and oxygen atoms in total. The van der Waals surface area contributed by atoms with Crippen molar-refractivity contribution in [3.05, 3.63) is 94.6 Å². The molecule has 0 bridgehead atoms. The molecular formula is C26H31N. The fourth-order valence-corrected chi connectivity index (χ4v) is 3.58. The first-order valence-electron chi connectivity index (χ1n) is 10.0. The Morgan fingerprint density at radius 2 is 1.89 bits per heavy atom. The Kier molecular flexibility index (Phi) is 6.84. The van der Waals surface area contributed by atoms with Gasteiger partial charge in [0.25, 0.3) is 0 Å². The highest BCUT2D eigenvalue weighted by Gasteiger charge is 2.07. The van der Waals surface area contributed by atoms with Crippen LogP contribution < -0.4 is 5.32 Å². The van der Waals surface area contributed by atoms with Gasteiger partial charge in [-0.1, -0.05) is 78.4 Å². The summed E-state index contributed by atoms with van der Waals surface area (Å²) in [4.78, 5) is 0. The van der Waals surface area contributed by atoms with Crippen LogP contribution in [-0.2, 0) is 13.0 Å². The Bertz CT molecular complexity index is 840. The third-order valence-electron chi connectivity index (χ3n) is 5.21. The van der Waals surface area contributed by atoms with Crippen molar-refractivity contribution in [2.24, 2.45) is 0 Å². The molecule has 0 saturated heterocycles. The van der Waals surface area contributed by atoms with Gasteiger partial charge in [-0.15, -0.1) is 0 Å². The highest BCUT2D eigenvalue weighted by molar-refractivity contribution is 5.65. The molecule has 0 heterocycles. The van der Waals surface area contributed by atoms with Gasteiger partial charge < -0.3 is 5.32 Å². The first-order valence-corrected chi connectivity index (χ1v) is 10.0. The maximum Gasteiger partial charge on any atom is 0.0208 e. The number of hydrogen-bond acceptors (Lipinski definition) is 1. The molecule has 0 radical (unpaired) electrons. The summed E-state index contributed by atoms with van der Waals surface area (Å²) in [6.07, 6.45) is 12.4. The van der Waals surface area contributed by atoms with Crippen LogP contribution in [0.25, 0.3) is 11.6 Å². The average Bonchev–Trinajstić information content (AvgIpc) is 2.71. The Morgan fingerprint density at radius 1 is 1.07 bits per heavy atom. The first-order chi connectivity index (χ1) is 13.1. The molecule has 1 aliphatic rings. The van der Waals surface area contributed by atoms with Crippen LogP contribution in [0.5, 0.6) is 0 Å². The quantitative estimate of drug-likeness (QED) is 0.553. The normalized spacial score (nSPS) is 15.5. The molecule has 1 unspecified atom stereocenters. The van der Waals surface area contributed by atoms with Crippen molar-refractivity contribution >= 4 is 11.6 Å². The van der Waals surface area contributed by atoms with Crippen LogP contribution in [0.1, 0.15) is 55.9 Å². The van der Waals surface area contributed by atoms with Gasteiger partial charge in [-0.3, -0.25) is 0 Å². The molecule has 0 aromatic heterocycles. The molecule has 1 heteroatoms. The summed E-state index contributed by atoms with van der Waals surface area (Å²) in [6.45, 7) is 7.60. The average molecular weight is 358 g/mol. The van der Waals surface area contributed by atoms with Crippen LogP contribution in [0.15, 0.2) is 72.3 Å². The second-order valence-corrected chi connectivity index (χ2v) is 7.69. The predicted octanol–water partition coefficient (Wildman–Crippen LogP) is 6.56. The number of benzene rings is 2. The van der Waals surface area contributed by atoms with Crippen LogP contribution in [0.2, 0.25) is 0 Å². The lowest BCUT2D eigenvalue weighted by Crippen LogP contribution is -2.25. The number of hydrogen-bond donors (Lipinski definition) is 1. The molecule has 0 fully saturated rings. The minimum Gasteiger partial charge on any atom is -0.310 e. The van der Waals surface area contributed by atoms with Gasteiger partial charge in [0.2, 0.25) is 0 Å². The standard InChI is InChI=1S/C26H31N/c1-20(13-14-21(2)24-9-5-4-6-10-24)17-22(3)27-19-23-15-16-25-11-7-8-12-26(25)18-23/h4-7,9-11,13-16,18,22,27H,8,12,17,19H2,1-3H3/b20-13+,21-14+. The molecule has 1 atom stereocenters. The summed E-state index contributed by atoms with van der Waals surface area (Å²) in [7, 11) is 0. The molecule has 0 amide bonds. The molecule has 2 aromatic rings. The zero-order valence-electron chi connectivity index (χ0n) is 16.8. The monoisotopic (exact) mass is 357 g/mol. The maximum absolute atomic E-state index is 3.68. The van der Waals surface area contributed by atoms with Gasteiger partial charge in [0.05, 0.1) is 0 Å². The summed E-state index contributed by atoms with van der Waals surface area (Å²) in [5, 5.41) is 3.68. The van der Waals surface area contributed by atoms with E-state index in [4.69, 9.17) is 0 Å². The van der Waals surface area contributed by atoms with Gasteiger partial charge in [-0.2, -0.15) is 0 Å². The molecule has 1 N–H and O–H groups in total. The van der Waals surface area contributed by atoms with Gasteiger partial charge >= 0.3 is 0 Å². The smallest absolute Gasteiger partial charge is 0.0208 e. The lowest BCUT2D eigenvalue weighted by Gasteiger charge is -2.16. The lowest BCUT2D eigenvalue weighted by molar-refractivity contribution is 0.543. The molecule has 3 rings (SSSR count). The summed E-state index contributed by atoms with van der Waals surface area (Å²) >= 11 is 0. The number of aryl methyl sites for hydroxylation is 1. The van der Waals surface area contributed by atoms with E-state index >= 15 is 0 Å². The van der Waals surface area contributed by atoms with E-state index in [1.807, 2.05) is 0 Å². The SMILES string of the molecule is C/C(=C\C=C(/C)c1ccccc1)CC(C)NCc1ccc2c(c1)CCC=C2. The Hall–Kier alpha value is -2.38. The molecule has 1 aliphatic carbocycles. The van der Waals surface area contributed by atoms with Gasteiger partial charge in [0, 0.05) is 12.6 Å². The zero-order valence-corrected chi connectivity index (χ0v) is 16.8. The van der Waals surface area contributed by atoms with E-state index in [1.54, 1.807) is 0 Å². The van der Waals surface area contributed by atoms with Crippen molar-refractivity contribution < 1.29 is 0 Å². The second-order valence-electron chi connectivity index (χ2n) is 7.69. The molecular weight excluding hydrogens is 326 g/mol. The largest absolute Gasteiger partial charge is 0.310 e. The summed E-state index contributed by atoms with van der Waals surface area (Å²) in [5.74, 6) is 0. The third kappa shape index (κ3) is 5.80. The fourth-order valence-electron chi connectivity index (χ4n) is 3.58. The predicted molar refractivity (Wildman–Crippen MR) is 119 cm³/mol. The zero-order chi connectivity index (χ0) is 19.1. The van der Waals surface area contributed by atoms with Crippen molar-refractivity contribution in [2.75, 3.05) is 0 Å². The van der Waals surface area contributed by atoms with Crippen LogP contribution in [-0.4, -0.2) is 6.04 Å². The fraction of sp³-hybridized carbons (Fsp3) is 0.308. The van der Waals surface area contributed by atoms with Crippen molar-refractivity contribution in [3.8, 4) is 0 Å². The van der Waals surface area contributed by atoms with E-state index in [9.17, 15) is 0 Å². The minimum absolute atomic E-state index is 0.461. The topological polar surface area (TPSA) is 12.0 Å². The van der Waals surface area contributed by atoms with E-state index < -0.39 is 0 Å². The van der Waals surface area contributed by atoms with E-state index in [-0.39, 0.29) is 0 Å². The van der Waals surface area contributed by atoms with E-state index in [0.29, 0.717) is 6.04 Å². The van der Waals surface area contributed by atoms with Crippen LogP contribution in [0, 0.1) is 0 Å². The number of allylic oxidation sites excluding steroid dienone is 4. The Balaban J connectivity index is 1.51. The Labute approximate surface area is 164 Å². The van der Waals surface area contributed by atoms with Crippen molar-refractivity contribution in [1.82, 2.24) is 5.32 Å². The van der Waals surface area contributed by atoms with Crippen LogP contribution in [0.3, 0.4) is 0 Å². The van der Waals surface area contributed by atoms with Gasteiger partial charge in [-0.25, -0.2) is 0 Å². The van der Waals surface area contributed by atoms with Crippen LogP contribution >= 0.6 is 0 Å². The number of nitrogens with one attached hydrogen (secondary N) is 1.